The molecule has 1 saturated heterocycles. The van der Waals surface area contributed by atoms with Gasteiger partial charge in [0.05, 0.1) is 37.8 Å². The summed E-state index contributed by atoms with van der Waals surface area (Å²) in [6.45, 7) is 3.50. The first-order valence-corrected chi connectivity index (χ1v) is 12.6. The smallest absolute Gasteiger partial charge is 0.238 e. The Balaban J connectivity index is 1.66. The number of ether oxygens (including phenoxy) is 2. The number of hydrogen-bond donors (Lipinski definition) is 1. The van der Waals surface area contributed by atoms with Gasteiger partial charge in [-0.3, -0.25) is 14.4 Å². The predicted octanol–water partition coefficient (Wildman–Crippen LogP) is 4.57. The fourth-order valence-electron chi connectivity index (χ4n) is 6.63. The van der Waals surface area contributed by atoms with Crippen molar-refractivity contribution >= 4 is 34.9 Å². The first kappa shape index (κ1) is 24.0. The number of carbonyl (C=O) groups is 3. The second-order valence-corrected chi connectivity index (χ2v) is 10.1. The first-order valence-electron chi connectivity index (χ1n) is 12.6. The van der Waals surface area contributed by atoms with Gasteiger partial charge < -0.3 is 19.7 Å². The number of rotatable bonds is 5. The van der Waals surface area contributed by atoms with Gasteiger partial charge in [0.25, 0.3) is 0 Å². The maximum Gasteiger partial charge on any atom is 0.238 e. The van der Waals surface area contributed by atoms with Crippen LogP contribution in [0.1, 0.15) is 34.0 Å². The highest BCUT2D eigenvalue weighted by Gasteiger charge is 2.70. The van der Waals surface area contributed by atoms with Gasteiger partial charge in [0.2, 0.25) is 5.91 Å². The molecule has 7 nitrogen and oxygen atoms in total. The Morgan fingerprint density at radius 1 is 1.00 bits per heavy atom. The number of methoxy groups -OCH3 is 2. The molecule has 0 saturated carbocycles. The second kappa shape index (κ2) is 8.58. The van der Waals surface area contributed by atoms with Gasteiger partial charge in [0.15, 0.2) is 11.6 Å². The van der Waals surface area contributed by atoms with Crippen molar-refractivity contribution < 1.29 is 23.9 Å². The monoisotopic (exact) mass is 508 g/mol. The number of nitrogens with zero attached hydrogens (tertiary/aromatic N) is 1. The van der Waals surface area contributed by atoms with Crippen LogP contribution in [0, 0.1) is 12.8 Å². The summed E-state index contributed by atoms with van der Waals surface area (Å²) >= 11 is 0. The van der Waals surface area contributed by atoms with Crippen molar-refractivity contribution in [2.24, 2.45) is 5.92 Å². The lowest BCUT2D eigenvalue weighted by atomic mass is 9.64. The van der Waals surface area contributed by atoms with E-state index in [1.807, 2.05) is 60.4 Å². The van der Waals surface area contributed by atoms with Crippen LogP contribution in [0.3, 0.4) is 0 Å². The molecule has 0 aromatic heterocycles. The predicted molar refractivity (Wildman–Crippen MR) is 145 cm³/mol. The minimum Gasteiger partial charge on any atom is -0.497 e. The molecule has 3 aliphatic heterocycles. The minimum absolute atomic E-state index is 0.189. The molecule has 1 spiro atoms. The van der Waals surface area contributed by atoms with E-state index in [1.54, 1.807) is 18.2 Å². The third kappa shape index (κ3) is 3.11. The van der Waals surface area contributed by atoms with E-state index in [4.69, 9.17) is 9.47 Å². The minimum atomic E-state index is -1.34. The van der Waals surface area contributed by atoms with Gasteiger partial charge in [-0.05, 0) is 61.4 Å². The van der Waals surface area contributed by atoms with E-state index in [2.05, 4.69) is 11.4 Å². The molecule has 4 unspecified atom stereocenters. The highest BCUT2D eigenvalue weighted by atomic mass is 16.5. The zero-order valence-corrected chi connectivity index (χ0v) is 21.6. The van der Waals surface area contributed by atoms with Crippen molar-refractivity contribution in [3.8, 4) is 11.5 Å². The number of nitrogens with one attached hydrogen (secondary N) is 1. The molecule has 0 radical (unpaired) electrons. The fourth-order valence-corrected chi connectivity index (χ4v) is 6.63. The van der Waals surface area contributed by atoms with Crippen molar-refractivity contribution in [3.05, 3.63) is 89.0 Å². The molecular formula is C31H28N2O5. The van der Waals surface area contributed by atoms with Gasteiger partial charge in [-0.15, -0.1) is 0 Å². The standard InChI is InChI=1S/C31H28N2O5/c1-17-9-12-24-19(15-17)10-14-26-31(22-7-5-6-8-23(22)32-30(31)36)27(28(18(2)34)33(24)26)29(35)21-16-20(37-3)11-13-25(21)38-4/h5-16,26-28H,1-4H3,(H,32,36). The van der Waals surface area contributed by atoms with Crippen LogP contribution in [0.4, 0.5) is 11.4 Å². The van der Waals surface area contributed by atoms with E-state index in [-0.39, 0.29) is 23.0 Å². The van der Waals surface area contributed by atoms with Crippen LogP contribution in [-0.2, 0) is 15.0 Å². The molecule has 6 rings (SSSR count). The largest absolute Gasteiger partial charge is 0.497 e. The Labute approximate surface area is 221 Å². The molecular weight excluding hydrogens is 480 g/mol. The molecule has 1 amide bonds. The van der Waals surface area contributed by atoms with Crippen molar-refractivity contribution in [3.63, 3.8) is 0 Å². The van der Waals surface area contributed by atoms with Gasteiger partial charge in [-0.25, -0.2) is 0 Å². The second-order valence-electron chi connectivity index (χ2n) is 10.1. The van der Waals surface area contributed by atoms with Gasteiger partial charge in [-0.2, -0.15) is 0 Å². The number of benzene rings is 3. The zero-order chi connectivity index (χ0) is 26.8. The van der Waals surface area contributed by atoms with Gasteiger partial charge in [0, 0.05) is 11.4 Å². The normalized spacial score (nSPS) is 24.5. The number of amides is 1. The zero-order valence-electron chi connectivity index (χ0n) is 21.6. The van der Waals surface area contributed by atoms with Crippen molar-refractivity contribution in [2.75, 3.05) is 24.4 Å². The summed E-state index contributed by atoms with van der Waals surface area (Å²) in [6.07, 6.45) is 3.96. The molecule has 4 atom stereocenters. The van der Waals surface area contributed by atoms with Crippen LogP contribution < -0.4 is 19.7 Å². The topological polar surface area (TPSA) is 84.9 Å². The SMILES string of the molecule is COc1ccc(OC)c(C(=O)C2C(C(C)=O)N3c4ccc(C)cc4C=CC3C23C(=O)Nc2ccccc23)c1. The third-order valence-corrected chi connectivity index (χ3v) is 8.16. The van der Waals surface area contributed by atoms with E-state index in [0.29, 0.717) is 22.7 Å². The maximum absolute atomic E-state index is 14.7. The number of carbonyl (C=O) groups excluding carboxylic acids is 3. The highest BCUT2D eigenvalue weighted by Crippen LogP contribution is 2.58. The number of aryl methyl sites for hydroxylation is 1. The molecule has 1 N–H and O–H groups in total. The number of para-hydroxylation sites is 1. The van der Waals surface area contributed by atoms with Crippen LogP contribution in [0.2, 0.25) is 0 Å². The van der Waals surface area contributed by atoms with E-state index < -0.39 is 23.4 Å². The molecule has 7 heteroatoms. The van der Waals surface area contributed by atoms with Crippen LogP contribution >= 0.6 is 0 Å². The van der Waals surface area contributed by atoms with E-state index >= 15 is 0 Å². The summed E-state index contributed by atoms with van der Waals surface area (Å²) in [4.78, 5) is 44.4. The first-order chi connectivity index (χ1) is 18.3. The Hall–Kier alpha value is -4.39. The lowest BCUT2D eigenvalue weighted by molar-refractivity contribution is -0.122. The van der Waals surface area contributed by atoms with Crippen LogP contribution in [0.15, 0.2) is 66.7 Å². The quantitative estimate of drug-likeness (QED) is 0.508. The van der Waals surface area contributed by atoms with Crippen molar-refractivity contribution in [1.82, 2.24) is 0 Å². The summed E-state index contributed by atoms with van der Waals surface area (Å²) in [5.41, 5.74) is 3.15. The number of Topliss-reactive ketones (excluding diaryl/α,β-unsaturated/α-hetero) is 2. The van der Waals surface area contributed by atoms with Crippen LogP contribution in [0.25, 0.3) is 6.08 Å². The number of anilines is 2. The maximum atomic E-state index is 14.7. The summed E-state index contributed by atoms with van der Waals surface area (Å²) < 4.78 is 11.0. The van der Waals surface area contributed by atoms with Crippen LogP contribution in [-0.4, -0.2) is 43.8 Å². The summed E-state index contributed by atoms with van der Waals surface area (Å²) in [5, 5.41) is 3.02. The van der Waals surface area contributed by atoms with Crippen LogP contribution in [0.5, 0.6) is 11.5 Å². The average molecular weight is 509 g/mol. The van der Waals surface area contributed by atoms with Crippen molar-refractivity contribution in [1.29, 1.82) is 0 Å². The molecule has 0 bridgehead atoms. The summed E-state index contributed by atoms with van der Waals surface area (Å²) in [5.74, 6) is -1.01. The summed E-state index contributed by atoms with van der Waals surface area (Å²) in [6, 6.07) is 17.0. The van der Waals surface area contributed by atoms with E-state index in [1.165, 1.54) is 21.1 Å². The van der Waals surface area contributed by atoms with E-state index in [9.17, 15) is 14.4 Å². The molecule has 3 aromatic rings. The molecule has 3 aromatic carbocycles. The number of hydrogen-bond acceptors (Lipinski definition) is 6. The number of ketones is 2. The number of fused-ring (bicyclic) bond motifs is 6. The van der Waals surface area contributed by atoms with E-state index in [0.717, 1.165) is 16.8 Å². The summed E-state index contributed by atoms with van der Waals surface area (Å²) in [7, 11) is 3.02. The van der Waals surface area contributed by atoms with Gasteiger partial charge in [0.1, 0.15) is 16.9 Å². The molecule has 3 aliphatic rings. The molecule has 1 fully saturated rings. The average Bonchev–Trinajstić information content (AvgIpc) is 3.40. The fraction of sp³-hybridized carbons (Fsp3) is 0.258. The highest BCUT2D eigenvalue weighted by molar-refractivity contribution is 6.17. The molecule has 38 heavy (non-hydrogen) atoms. The Kier molecular flexibility index (Phi) is 5.42. The Morgan fingerprint density at radius 3 is 2.53 bits per heavy atom. The van der Waals surface area contributed by atoms with Gasteiger partial charge in [-0.1, -0.05) is 42.0 Å². The third-order valence-electron chi connectivity index (χ3n) is 8.16. The van der Waals surface area contributed by atoms with Gasteiger partial charge >= 0.3 is 0 Å². The lowest BCUT2D eigenvalue weighted by Crippen LogP contribution is -2.51. The van der Waals surface area contributed by atoms with Crippen molar-refractivity contribution in [2.45, 2.75) is 31.3 Å². The lowest BCUT2D eigenvalue weighted by Gasteiger charge is -2.37. The molecule has 192 valence electrons. The molecule has 0 aliphatic carbocycles. The Bertz CT molecular complexity index is 1540. The molecule has 3 heterocycles. The Morgan fingerprint density at radius 2 is 1.79 bits per heavy atom.